The zero-order valence-corrected chi connectivity index (χ0v) is 16.7. The Morgan fingerprint density at radius 2 is 1.77 bits per heavy atom. The molecule has 1 heterocycles. The summed E-state index contributed by atoms with van der Waals surface area (Å²) in [5.74, 6) is -0.479. The van der Waals surface area contributed by atoms with Gasteiger partial charge in [-0.2, -0.15) is 13.2 Å². The predicted molar refractivity (Wildman–Crippen MR) is 110 cm³/mol. The van der Waals surface area contributed by atoms with Crippen LogP contribution in [0.25, 0.3) is 0 Å². The van der Waals surface area contributed by atoms with Gasteiger partial charge in [0.05, 0.1) is 23.9 Å². The Balaban J connectivity index is 1.67. The number of alkyl halides is 3. The third-order valence-corrected chi connectivity index (χ3v) is 5.53. The fourth-order valence-corrected chi connectivity index (χ4v) is 3.99. The minimum Gasteiger partial charge on any atom is -0.388 e. The molecule has 2 atom stereocenters. The van der Waals surface area contributed by atoms with Gasteiger partial charge in [-0.05, 0) is 43.5 Å². The average molecular weight is 420 g/mol. The summed E-state index contributed by atoms with van der Waals surface area (Å²) in [7, 11) is 0. The lowest BCUT2D eigenvalue weighted by molar-refractivity contribution is -0.137. The predicted octanol–water partition coefficient (Wildman–Crippen LogP) is 5.01. The van der Waals surface area contributed by atoms with Crippen molar-refractivity contribution >= 4 is 11.6 Å². The van der Waals surface area contributed by atoms with Crippen LogP contribution in [0.5, 0.6) is 0 Å². The highest BCUT2D eigenvalue weighted by Gasteiger charge is 2.34. The van der Waals surface area contributed by atoms with Crippen molar-refractivity contribution in [2.24, 2.45) is 0 Å². The van der Waals surface area contributed by atoms with Gasteiger partial charge in [0.25, 0.3) is 0 Å². The molecule has 2 aromatic carbocycles. The molecule has 3 rings (SSSR count). The summed E-state index contributed by atoms with van der Waals surface area (Å²) in [6, 6.07) is 14.3. The lowest BCUT2D eigenvalue weighted by Crippen LogP contribution is -2.41. The molecule has 1 amide bonds. The van der Waals surface area contributed by atoms with Gasteiger partial charge in [-0.25, -0.2) is 0 Å². The van der Waals surface area contributed by atoms with Gasteiger partial charge in [-0.3, -0.25) is 9.69 Å². The van der Waals surface area contributed by atoms with Crippen molar-refractivity contribution in [3.63, 3.8) is 0 Å². The van der Waals surface area contributed by atoms with E-state index in [0.717, 1.165) is 37.3 Å². The van der Waals surface area contributed by atoms with Crippen LogP contribution in [0.2, 0.25) is 0 Å². The van der Waals surface area contributed by atoms with E-state index in [1.165, 1.54) is 18.2 Å². The van der Waals surface area contributed by atoms with Gasteiger partial charge in [0.15, 0.2) is 0 Å². The summed E-state index contributed by atoms with van der Waals surface area (Å²) in [6.07, 6.45) is -0.897. The van der Waals surface area contributed by atoms with Gasteiger partial charge >= 0.3 is 6.18 Å². The minimum atomic E-state index is -4.53. The number of carbonyl (C=O) groups is 1. The van der Waals surface area contributed by atoms with Crippen molar-refractivity contribution < 1.29 is 23.1 Å². The minimum absolute atomic E-state index is 0.00162. The standard InChI is InChI=1S/C23H27F3N2O2/c24-23(25,26)19-12-6-7-13-20(19)27-22(30)16-28-14-8-2-5-11-18(28)15-21(29)17-9-3-1-4-10-17/h1,3-4,6-7,9-10,12-13,18,21,29H,2,5,8,11,14-16H2,(H,27,30)/t18-,21+/m0/s1. The van der Waals surface area contributed by atoms with Crippen LogP contribution in [0.1, 0.15) is 49.3 Å². The highest BCUT2D eigenvalue weighted by atomic mass is 19.4. The Hall–Kier alpha value is -2.38. The molecule has 30 heavy (non-hydrogen) atoms. The molecule has 2 aromatic rings. The summed E-state index contributed by atoms with van der Waals surface area (Å²) in [5, 5.41) is 13.1. The molecule has 4 nitrogen and oxygen atoms in total. The number of aliphatic hydroxyl groups is 1. The smallest absolute Gasteiger partial charge is 0.388 e. The first-order valence-electron chi connectivity index (χ1n) is 10.3. The third-order valence-electron chi connectivity index (χ3n) is 5.53. The van der Waals surface area contributed by atoms with Crippen LogP contribution in [0, 0.1) is 0 Å². The number of anilines is 1. The number of hydrogen-bond acceptors (Lipinski definition) is 3. The molecule has 7 heteroatoms. The summed E-state index contributed by atoms with van der Waals surface area (Å²) in [6.45, 7) is 0.679. The zero-order chi connectivity index (χ0) is 21.6. The number of para-hydroxylation sites is 1. The number of nitrogens with zero attached hydrogens (tertiary/aromatic N) is 1. The monoisotopic (exact) mass is 420 g/mol. The van der Waals surface area contributed by atoms with Crippen molar-refractivity contribution in [1.82, 2.24) is 4.90 Å². The van der Waals surface area contributed by atoms with Crippen LogP contribution in [0.4, 0.5) is 18.9 Å². The van der Waals surface area contributed by atoms with Crippen molar-refractivity contribution in [2.75, 3.05) is 18.4 Å². The van der Waals surface area contributed by atoms with Crippen molar-refractivity contribution in [2.45, 2.75) is 50.4 Å². The van der Waals surface area contributed by atoms with Gasteiger partial charge in [0, 0.05) is 6.04 Å². The molecule has 0 aliphatic carbocycles. The highest BCUT2D eigenvalue weighted by molar-refractivity contribution is 5.93. The maximum absolute atomic E-state index is 13.2. The first-order chi connectivity index (χ1) is 14.3. The quantitative estimate of drug-likeness (QED) is 0.691. The number of amides is 1. The maximum Gasteiger partial charge on any atom is 0.418 e. The summed E-state index contributed by atoms with van der Waals surface area (Å²) < 4.78 is 39.6. The van der Waals surface area contributed by atoms with Crippen LogP contribution < -0.4 is 5.32 Å². The Labute approximate surface area is 174 Å². The molecule has 1 fully saturated rings. The molecular formula is C23H27F3N2O2. The topological polar surface area (TPSA) is 52.6 Å². The highest BCUT2D eigenvalue weighted by Crippen LogP contribution is 2.34. The summed E-state index contributed by atoms with van der Waals surface area (Å²) in [5.41, 5.74) is -0.263. The lowest BCUT2D eigenvalue weighted by Gasteiger charge is -2.31. The number of rotatable bonds is 6. The number of aliphatic hydroxyl groups excluding tert-OH is 1. The van der Waals surface area contributed by atoms with E-state index in [-0.39, 0.29) is 18.3 Å². The second kappa shape index (κ2) is 10.1. The number of carbonyl (C=O) groups excluding carboxylic acids is 1. The van der Waals surface area contributed by atoms with Gasteiger partial charge < -0.3 is 10.4 Å². The normalized spacial score (nSPS) is 19.1. The fraction of sp³-hybridized carbons (Fsp3) is 0.435. The van der Waals surface area contributed by atoms with E-state index in [2.05, 4.69) is 5.32 Å². The molecule has 0 aromatic heterocycles. The van der Waals surface area contributed by atoms with Crippen LogP contribution in [-0.2, 0) is 11.0 Å². The second-order valence-electron chi connectivity index (χ2n) is 7.73. The molecule has 0 radical (unpaired) electrons. The van der Waals surface area contributed by atoms with E-state index in [1.54, 1.807) is 0 Å². The van der Waals surface area contributed by atoms with Gasteiger partial charge in [0.2, 0.25) is 5.91 Å². The lowest BCUT2D eigenvalue weighted by atomic mass is 9.98. The molecule has 1 saturated heterocycles. The van der Waals surface area contributed by atoms with E-state index < -0.39 is 23.8 Å². The van der Waals surface area contributed by atoms with Crippen molar-refractivity contribution in [3.05, 3.63) is 65.7 Å². The van der Waals surface area contributed by atoms with E-state index in [9.17, 15) is 23.1 Å². The molecular weight excluding hydrogens is 393 g/mol. The van der Waals surface area contributed by atoms with E-state index in [1.807, 2.05) is 35.2 Å². The molecule has 0 saturated carbocycles. The van der Waals surface area contributed by atoms with Crippen LogP contribution in [0.15, 0.2) is 54.6 Å². The number of benzene rings is 2. The molecule has 0 unspecified atom stereocenters. The van der Waals surface area contributed by atoms with Crippen molar-refractivity contribution in [1.29, 1.82) is 0 Å². The first-order valence-corrected chi connectivity index (χ1v) is 10.3. The fourth-order valence-electron chi connectivity index (χ4n) is 3.99. The Morgan fingerprint density at radius 3 is 2.50 bits per heavy atom. The average Bonchev–Trinajstić information content (AvgIpc) is 2.93. The van der Waals surface area contributed by atoms with Gasteiger partial charge in [0.1, 0.15) is 0 Å². The Bertz CT molecular complexity index is 827. The van der Waals surface area contributed by atoms with Crippen molar-refractivity contribution in [3.8, 4) is 0 Å². The number of hydrogen-bond donors (Lipinski definition) is 2. The van der Waals surface area contributed by atoms with Gasteiger partial charge in [-0.1, -0.05) is 55.3 Å². The summed E-state index contributed by atoms with van der Waals surface area (Å²) >= 11 is 0. The van der Waals surface area contributed by atoms with Crippen LogP contribution in [0.3, 0.4) is 0 Å². The largest absolute Gasteiger partial charge is 0.418 e. The van der Waals surface area contributed by atoms with E-state index >= 15 is 0 Å². The zero-order valence-electron chi connectivity index (χ0n) is 16.7. The maximum atomic E-state index is 13.2. The number of nitrogens with one attached hydrogen (secondary N) is 1. The Kier molecular flexibility index (Phi) is 7.50. The van der Waals surface area contributed by atoms with Gasteiger partial charge in [-0.15, -0.1) is 0 Å². The molecule has 0 spiro atoms. The SMILES string of the molecule is O=C(CN1CCCCC[C@H]1C[C@@H](O)c1ccccc1)Nc1ccccc1C(F)(F)F. The van der Waals surface area contributed by atoms with Crippen LogP contribution >= 0.6 is 0 Å². The van der Waals surface area contributed by atoms with Crippen LogP contribution in [-0.4, -0.2) is 35.0 Å². The summed E-state index contributed by atoms with van der Waals surface area (Å²) in [4.78, 5) is 14.6. The second-order valence-corrected chi connectivity index (χ2v) is 7.73. The molecule has 162 valence electrons. The molecule has 0 bridgehead atoms. The first kappa shape index (κ1) is 22.3. The van der Waals surface area contributed by atoms with E-state index in [0.29, 0.717) is 13.0 Å². The number of halogens is 3. The van der Waals surface area contributed by atoms with E-state index in [4.69, 9.17) is 0 Å². The number of likely N-dealkylation sites (tertiary alicyclic amines) is 1. The third kappa shape index (κ3) is 6.06. The molecule has 2 N–H and O–H groups in total. The molecule has 1 aliphatic heterocycles. The molecule has 1 aliphatic rings. The Morgan fingerprint density at radius 1 is 1.07 bits per heavy atom.